The smallest absolute Gasteiger partial charge is 0.317 e. The Labute approximate surface area is 278 Å². The molecule has 4 N–H and O–H groups in total. The number of anilines is 2. The predicted octanol–water partition coefficient (Wildman–Crippen LogP) is 3.78. The molecular weight excluding hydrogens is 610 g/mol. The molecule has 0 spiro atoms. The van der Waals surface area contributed by atoms with Gasteiger partial charge in [-0.2, -0.15) is 5.10 Å². The number of aliphatic hydroxyl groups is 1. The summed E-state index contributed by atoms with van der Waals surface area (Å²) in [5, 5.41) is 29.6. The molecule has 0 saturated carbocycles. The number of carbonyl (C=O) groups is 3. The van der Waals surface area contributed by atoms with Crippen LogP contribution >= 0.6 is 0 Å². The number of carbonyl (C=O) groups excluding carboxylic acids is 2. The fourth-order valence-electron chi connectivity index (χ4n) is 7.16. The predicted molar refractivity (Wildman–Crippen MR) is 180 cm³/mol. The summed E-state index contributed by atoms with van der Waals surface area (Å²) in [6, 6.07) is 17.0. The molecule has 0 aliphatic carbocycles. The van der Waals surface area contributed by atoms with Gasteiger partial charge in [-0.15, -0.1) is 0 Å². The van der Waals surface area contributed by atoms with Crippen molar-refractivity contribution >= 4 is 29.2 Å². The number of likely N-dealkylation sites (tertiary alicyclic amines) is 1. The Kier molecular flexibility index (Phi) is 8.78. The Hall–Kier alpha value is -4.91. The minimum Gasteiger partial charge on any atom is -0.480 e. The summed E-state index contributed by atoms with van der Waals surface area (Å²) in [5.74, 6) is -1.40. The monoisotopic (exact) mass is 649 g/mol. The van der Waals surface area contributed by atoms with E-state index in [-0.39, 0.29) is 30.5 Å². The molecule has 1 unspecified atom stereocenters. The highest BCUT2D eigenvalue weighted by Crippen LogP contribution is 2.39. The summed E-state index contributed by atoms with van der Waals surface area (Å²) >= 11 is 0. The second-order valence-electron chi connectivity index (χ2n) is 12.8. The van der Waals surface area contributed by atoms with Crippen LogP contribution in [0.15, 0.2) is 60.8 Å². The van der Waals surface area contributed by atoms with Crippen LogP contribution in [-0.2, 0) is 24.3 Å². The third-order valence-corrected chi connectivity index (χ3v) is 9.61. The molecule has 1 fully saturated rings. The normalized spacial score (nSPS) is 18.8. The number of hydrogen-bond acceptors (Lipinski definition) is 8. The van der Waals surface area contributed by atoms with E-state index in [1.807, 2.05) is 48.0 Å². The van der Waals surface area contributed by atoms with E-state index in [4.69, 9.17) is 5.11 Å². The van der Waals surface area contributed by atoms with E-state index < -0.39 is 5.97 Å². The Morgan fingerprint density at radius 2 is 1.81 bits per heavy atom. The summed E-state index contributed by atoms with van der Waals surface area (Å²) in [7, 11) is 0. The van der Waals surface area contributed by atoms with Gasteiger partial charge in [0.15, 0.2) is 5.69 Å². The molecule has 3 aliphatic rings. The first-order valence-corrected chi connectivity index (χ1v) is 16.5. The number of amides is 2. The highest BCUT2D eigenvalue weighted by atomic mass is 16.4. The molecule has 5 heterocycles. The van der Waals surface area contributed by atoms with Crippen LogP contribution in [0.3, 0.4) is 0 Å². The summed E-state index contributed by atoms with van der Waals surface area (Å²) in [6.45, 7) is 5.22. The number of carboxylic acid groups (broad SMARTS) is 1. The molecule has 2 atom stereocenters. The van der Waals surface area contributed by atoms with Crippen LogP contribution in [0.5, 0.6) is 0 Å². The highest BCUT2D eigenvalue weighted by Gasteiger charge is 2.32. The van der Waals surface area contributed by atoms with Gasteiger partial charge in [-0.05, 0) is 84.7 Å². The number of fused-ring (bicyclic) bond motifs is 2. The number of carboxylic acids is 1. The van der Waals surface area contributed by atoms with E-state index in [1.165, 1.54) is 0 Å². The van der Waals surface area contributed by atoms with Crippen molar-refractivity contribution < 1.29 is 24.6 Å². The molecule has 1 saturated heterocycles. The first kappa shape index (κ1) is 31.7. The molecule has 4 aromatic rings. The standard InChI is InChI=1S/C36H39N7O5/c1-22-25(5-2-7-28(22)39-35(47)30-11-10-23(18-37-30)20-41-15-12-24(44)21-41)26-6-3-9-32-27(26)13-16-42(32)36(48)31-17-33-29(38-19-34(45)46)8-4-14-43(33)40-31/h2-3,5-7,9-11,17-18,24,29,38,44H,4,8,12-16,19-21H2,1H3,(H,39,47)(H,45,46)/t24-,29?/m1/s1. The zero-order valence-electron chi connectivity index (χ0n) is 26.9. The Morgan fingerprint density at radius 1 is 0.979 bits per heavy atom. The second kappa shape index (κ2) is 13.3. The maximum absolute atomic E-state index is 13.8. The van der Waals surface area contributed by atoms with Gasteiger partial charge >= 0.3 is 5.97 Å². The lowest BCUT2D eigenvalue weighted by atomic mass is 9.93. The van der Waals surface area contributed by atoms with E-state index in [1.54, 1.807) is 23.2 Å². The number of rotatable bonds is 9. The Balaban J connectivity index is 1.07. The van der Waals surface area contributed by atoms with Gasteiger partial charge in [-0.3, -0.25) is 34.3 Å². The van der Waals surface area contributed by atoms with Gasteiger partial charge in [0.2, 0.25) is 0 Å². The van der Waals surface area contributed by atoms with Crippen LogP contribution in [0.1, 0.15) is 68.7 Å². The first-order valence-electron chi connectivity index (χ1n) is 16.5. The SMILES string of the molecule is Cc1c(NC(=O)c2ccc(CN3CC[C@@H](O)C3)cn2)cccc1-c1cccc2c1CCN2C(=O)c1cc2n(n1)CCCC2NCC(=O)O. The summed E-state index contributed by atoms with van der Waals surface area (Å²) in [4.78, 5) is 46.5. The lowest BCUT2D eigenvalue weighted by Crippen LogP contribution is -2.31. The van der Waals surface area contributed by atoms with Crippen LogP contribution < -0.4 is 15.5 Å². The molecule has 248 valence electrons. The van der Waals surface area contributed by atoms with Gasteiger partial charge in [0.1, 0.15) is 5.69 Å². The van der Waals surface area contributed by atoms with Crippen molar-refractivity contribution in [2.45, 2.75) is 57.8 Å². The van der Waals surface area contributed by atoms with Gasteiger partial charge in [-0.25, -0.2) is 0 Å². The average molecular weight is 650 g/mol. The number of nitrogens with zero attached hydrogens (tertiary/aromatic N) is 5. The molecule has 2 aromatic carbocycles. The van der Waals surface area contributed by atoms with Crippen LogP contribution in [0.4, 0.5) is 11.4 Å². The van der Waals surface area contributed by atoms with E-state index in [2.05, 4.69) is 31.7 Å². The van der Waals surface area contributed by atoms with E-state index in [0.29, 0.717) is 49.7 Å². The van der Waals surface area contributed by atoms with E-state index in [0.717, 1.165) is 65.0 Å². The zero-order chi connectivity index (χ0) is 33.4. The topological polar surface area (TPSA) is 153 Å². The number of hydrogen-bond donors (Lipinski definition) is 4. The Morgan fingerprint density at radius 3 is 2.58 bits per heavy atom. The minimum absolute atomic E-state index is 0.151. The van der Waals surface area contributed by atoms with Crippen molar-refractivity contribution in [3.63, 3.8) is 0 Å². The number of aliphatic hydroxyl groups excluding tert-OH is 1. The van der Waals surface area contributed by atoms with Crippen LogP contribution in [-0.4, -0.2) is 79.9 Å². The third kappa shape index (κ3) is 6.34. The average Bonchev–Trinajstić information content (AvgIpc) is 3.83. The van der Waals surface area contributed by atoms with Crippen LogP contribution in [0.25, 0.3) is 11.1 Å². The molecule has 12 nitrogen and oxygen atoms in total. The molecule has 0 bridgehead atoms. The number of benzene rings is 2. The number of pyridine rings is 1. The van der Waals surface area contributed by atoms with Gasteiger partial charge in [0.05, 0.1) is 18.3 Å². The molecular formula is C36H39N7O5. The molecule has 2 amide bonds. The number of aromatic nitrogens is 3. The molecule has 7 rings (SSSR count). The van der Waals surface area contributed by atoms with Crippen molar-refractivity contribution in [2.24, 2.45) is 0 Å². The molecule has 12 heteroatoms. The van der Waals surface area contributed by atoms with Crippen LogP contribution in [0.2, 0.25) is 0 Å². The van der Waals surface area contributed by atoms with Gasteiger partial charge < -0.3 is 20.4 Å². The first-order chi connectivity index (χ1) is 23.2. The minimum atomic E-state index is -0.922. The summed E-state index contributed by atoms with van der Waals surface area (Å²) in [5.41, 5.74) is 7.98. The number of nitrogens with one attached hydrogen (secondary N) is 2. The zero-order valence-corrected chi connectivity index (χ0v) is 26.9. The highest BCUT2D eigenvalue weighted by molar-refractivity contribution is 6.07. The van der Waals surface area contributed by atoms with Gasteiger partial charge in [0, 0.05) is 56.3 Å². The second-order valence-corrected chi connectivity index (χ2v) is 12.8. The van der Waals surface area contributed by atoms with Crippen LogP contribution in [0, 0.1) is 6.92 Å². The van der Waals surface area contributed by atoms with Crippen molar-refractivity contribution in [2.75, 3.05) is 36.4 Å². The quantitative estimate of drug-likeness (QED) is 0.212. The van der Waals surface area contributed by atoms with Crippen molar-refractivity contribution in [3.8, 4) is 11.1 Å². The summed E-state index contributed by atoms with van der Waals surface area (Å²) in [6.07, 6.45) is 4.53. The number of aliphatic carboxylic acids is 1. The Bertz CT molecular complexity index is 1870. The maximum Gasteiger partial charge on any atom is 0.317 e. The summed E-state index contributed by atoms with van der Waals surface area (Å²) < 4.78 is 1.82. The van der Waals surface area contributed by atoms with E-state index >= 15 is 0 Å². The fraction of sp³-hybridized carbons (Fsp3) is 0.361. The van der Waals surface area contributed by atoms with Crippen molar-refractivity contribution in [1.29, 1.82) is 0 Å². The number of aryl methyl sites for hydroxylation is 1. The van der Waals surface area contributed by atoms with Gasteiger partial charge in [0.25, 0.3) is 11.8 Å². The largest absolute Gasteiger partial charge is 0.480 e. The third-order valence-electron chi connectivity index (χ3n) is 9.61. The molecule has 3 aliphatic heterocycles. The number of β-amino-alcohol motifs (C(OH)–C–C–N with tert-alkyl or cyclic N) is 1. The maximum atomic E-state index is 13.8. The molecule has 0 radical (unpaired) electrons. The van der Waals surface area contributed by atoms with E-state index in [9.17, 15) is 19.5 Å². The lowest BCUT2D eigenvalue weighted by Gasteiger charge is -2.23. The molecule has 48 heavy (non-hydrogen) atoms. The fourth-order valence-corrected chi connectivity index (χ4v) is 7.16. The van der Waals surface area contributed by atoms with Crippen molar-refractivity contribution in [1.82, 2.24) is 25.0 Å². The molecule has 2 aromatic heterocycles. The van der Waals surface area contributed by atoms with Gasteiger partial charge in [-0.1, -0.05) is 30.3 Å². The lowest BCUT2D eigenvalue weighted by molar-refractivity contribution is -0.136. The van der Waals surface area contributed by atoms with Crippen molar-refractivity contribution in [3.05, 3.63) is 94.6 Å².